The molecule has 5 aliphatic rings. The van der Waals surface area contributed by atoms with E-state index in [1.807, 2.05) is 0 Å². The Morgan fingerprint density at radius 2 is 1.22 bits per heavy atom. The number of carbonyl (C=O) groups is 8. The van der Waals surface area contributed by atoms with Crippen LogP contribution in [0.1, 0.15) is 117 Å². The molecular weight excluding hydrogens is 1580 g/mol. The number of hydrogen-bond acceptors (Lipinski definition) is 28. The minimum absolute atomic E-state index is 0. The van der Waals surface area contributed by atoms with Crippen molar-refractivity contribution < 1.29 is 206 Å². The first-order valence-corrected chi connectivity index (χ1v) is 32.6. The molecule has 4 fully saturated rings. The van der Waals surface area contributed by atoms with Crippen molar-refractivity contribution in [2.24, 2.45) is 22.2 Å². The molecule has 11 atom stereocenters. The molecule has 0 radical (unpaired) electrons. The molecule has 0 unspecified atom stereocenters. The summed E-state index contributed by atoms with van der Waals surface area (Å²) in [6.07, 6.45) is -6.13. The van der Waals surface area contributed by atoms with E-state index in [1.54, 1.807) is 123 Å². The number of aliphatic carboxylic acids is 2. The fraction of sp³-hybridized carbons (Fsp3) is 0.408. The third-order valence-electron chi connectivity index (χ3n) is 19.0. The Morgan fingerprint density at radius 3 is 1.67 bits per heavy atom. The standard InChI is InChI=1S/C47H51NO14.C18H21O8P.C6H8O4.2H3N.2Na.Pt/c1-25-31(60-43(56)36(52)35(28-16-10-7-11-17-28)48-41(54)29-18-12-8-13-19-29)23-47(57)40(61-42(55)30-20-14-9-15-21-30)38-45(6,32(51)22-33-46(38,24-58-33)62-27(3)50)39(53)37(59-26(2)49)34(25)44(47,4)5;1-22-14-8-7-12(9-15(14)26-27(19,20)21)5-6-13-10-16(23-2)18(25-4)17(11-13)24-3;7-4(8)6(5(9)10)2-1-3-6;;;;;/h7-21,31-33,35-38,40,51-52,57H,22-24H2,1-6H3,(H,48,54);5-11H,1-4H3,(H2,19,20,21);1-3H2,(H,7,8)(H,9,10);2*1H3;;;/q;;;;;2*+1;+2/p-4/b;6-5-;;;;;;/t31-,32-,33+,35-,36+,37+,38-,40-,45+,46-,47+;;;;;;;/m0......./s1. The van der Waals surface area contributed by atoms with Crippen molar-refractivity contribution in [1.82, 2.24) is 17.6 Å². The number of aliphatic hydroxyl groups excluding tert-OH is 2. The summed E-state index contributed by atoms with van der Waals surface area (Å²) in [6, 6.07) is 31.0. The number of fused-ring (bicyclic) bond motifs is 5. The van der Waals surface area contributed by atoms with Gasteiger partial charge in [-0.25, -0.2) is 9.59 Å². The molecule has 0 spiro atoms. The normalized spacial score (nSPS) is 24.0. The number of phosphoric ester groups is 1. The Kier molecular flexibility index (Phi) is 33.0. The van der Waals surface area contributed by atoms with Gasteiger partial charge in [0, 0.05) is 43.1 Å². The predicted octanol–water partition coefficient (Wildman–Crippen LogP) is -2.18. The van der Waals surface area contributed by atoms with Gasteiger partial charge in [0.05, 0.1) is 76.0 Å². The number of ketones is 1. The van der Waals surface area contributed by atoms with Crippen LogP contribution in [0.4, 0.5) is 0 Å². The fourth-order valence-corrected chi connectivity index (χ4v) is 14.0. The first-order valence-electron chi connectivity index (χ1n) is 31.2. The number of amides is 1. The average Bonchev–Trinajstić information content (AvgIpc) is 0.669. The van der Waals surface area contributed by atoms with Gasteiger partial charge >= 0.3 is 104 Å². The molecule has 554 valence electrons. The molecule has 4 aliphatic carbocycles. The molecule has 1 heterocycles. The Hall–Kier alpha value is -6.86. The number of Topliss-reactive ketones (excluding diaryl/α,β-unsaturated/α-hetero) is 1. The Morgan fingerprint density at radius 1 is 0.702 bits per heavy atom. The molecule has 1 aliphatic heterocycles. The van der Waals surface area contributed by atoms with Crippen molar-refractivity contribution in [3.8, 4) is 28.7 Å². The number of methoxy groups -OCH3 is 4. The number of carbonyl (C=O) groups excluding carboxylic acids is 8. The van der Waals surface area contributed by atoms with Crippen molar-refractivity contribution in [1.29, 1.82) is 0 Å². The molecule has 10 N–H and O–H groups in total. The van der Waals surface area contributed by atoms with Crippen molar-refractivity contribution >= 4 is 67.5 Å². The number of carboxylic acids is 2. The van der Waals surface area contributed by atoms with Crippen LogP contribution in [0.5, 0.6) is 28.7 Å². The molecule has 104 heavy (non-hydrogen) atoms. The minimum Gasteiger partial charge on any atom is -0.780 e. The van der Waals surface area contributed by atoms with Gasteiger partial charge in [0.1, 0.15) is 31.7 Å². The van der Waals surface area contributed by atoms with Crippen LogP contribution in [0.25, 0.3) is 12.2 Å². The van der Waals surface area contributed by atoms with Crippen molar-refractivity contribution in [3.05, 3.63) is 160 Å². The first kappa shape index (κ1) is 91.3. The molecule has 0 aromatic heterocycles. The van der Waals surface area contributed by atoms with Gasteiger partial charge in [-0.2, -0.15) is 0 Å². The van der Waals surface area contributed by atoms with Gasteiger partial charge in [-0.3, -0.25) is 19.2 Å². The van der Waals surface area contributed by atoms with E-state index >= 15 is 4.79 Å². The van der Waals surface area contributed by atoms with E-state index in [2.05, 4.69) is 9.84 Å². The van der Waals surface area contributed by atoms with Gasteiger partial charge in [-0.15, -0.1) is 0 Å². The van der Waals surface area contributed by atoms with Crippen molar-refractivity contribution in [3.63, 3.8) is 0 Å². The number of phosphoric acid groups is 1. The third-order valence-corrected chi connectivity index (χ3v) is 19.4. The van der Waals surface area contributed by atoms with Crippen LogP contribution in [0.3, 0.4) is 0 Å². The summed E-state index contributed by atoms with van der Waals surface area (Å²) < 4.78 is 66.5. The fourth-order valence-electron chi connectivity index (χ4n) is 13.6. The Balaban J connectivity index is 0.000000554. The molecule has 29 nitrogen and oxygen atoms in total. The molecule has 5 aromatic carbocycles. The quantitative estimate of drug-likeness (QED) is 0.00918. The molecule has 10 rings (SSSR count). The van der Waals surface area contributed by atoms with E-state index in [1.165, 1.54) is 66.6 Å². The predicted molar refractivity (Wildman–Crippen MR) is 350 cm³/mol. The Bertz CT molecular complexity index is 3950. The second-order valence-corrected chi connectivity index (χ2v) is 26.2. The average molecular weight is 1670 g/mol. The summed E-state index contributed by atoms with van der Waals surface area (Å²) in [5.41, 5.74) is -7.34. The van der Waals surface area contributed by atoms with Gasteiger partial charge in [0.25, 0.3) is 5.91 Å². The molecule has 2 bridgehead atoms. The molecule has 1 saturated heterocycles. The number of aliphatic hydroxyl groups is 3. The topological polar surface area (TPSA) is 481 Å². The zero-order valence-corrected chi connectivity index (χ0v) is 66.6. The van der Waals surface area contributed by atoms with Crippen LogP contribution < -0.4 is 120 Å². The van der Waals surface area contributed by atoms with Gasteiger partial charge < -0.3 is 114 Å². The van der Waals surface area contributed by atoms with E-state index in [9.17, 15) is 73.4 Å². The minimum atomic E-state index is -5.21. The molecule has 1 amide bonds. The van der Waals surface area contributed by atoms with Crippen LogP contribution in [-0.2, 0) is 78.1 Å². The summed E-state index contributed by atoms with van der Waals surface area (Å²) in [5.74, 6) is -8.46. The first-order chi connectivity index (χ1) is 46.7. The summed E-state index contributed by atoms with van der Waals surface area (Å²) in [7, 11) is 0.680. The van der Waals surface area contributed by atoms with E-state index < -0.39 is 138 Å². The van der Waals surface area contributed by atoms with Crippen molar-refractivity contribution in [2.45, 2.75) is 128 Å². The molecule has 5 aromatic rings. The van der Waals surface area contributed by atoms with Crippen LogP contribution in [0.15, 0.2) is 132 Å². The Labute approximate surface area is 659 Å². The van der Waals surface area contributed by atoms with Crippen molar-refractivity contribution in [2.75, 3.05) is 35.0 Å². The van der Waals surface area contributed by atoms with Gasteiger partial charge in [-0.05, 0) is 103 Å². The number of carboxylic acid groups (broad SMARTS) is 2. The number of nitrogens with one attached hydrogen (secondary N) is 1. The summed E-state index contributed by atoms with van der Waals surface area (Å²) in [4.78, 5) is 126. The number of ether oxygens (including phenoxy) is 9. The van der Waals surface area contributed by atoms with Gasteiger partial charge in [0.15, 0.2) is 46.6 Å². The summed E-state index contributed by atoms with van der Waals surface area (Å²) in [5, 5.41) is 60.7. The maximum atomic E-state index is 15.5. The summed E-state index contributed by atoms with van der Waals surface area (Å²) in [6.45, 7) is 7.97. The van der Waals surface area contributed by atoms with Gasteiger partial charge in [0.2, 0.25) is 5.75 Å². The zero-order chi connectivity index (χ0) is 72.7. The van der Waals surface area contributed by atoms with Crippen LogP contribution in [0, 0.1) is 22.2 Å². The number of benzene rings is 5. The number of hydrogen-bond donors (Lipinski definition) is 6. The third kappa shape index (κ3) is 18.9. The zero-order valence-electron chi connectivity index (χ0n) is 59.5. The van der Waals surface area contributed by atoms with Crippen LogP contribution >= 0.6 is 7.82 Å². The number of esters is 4. The van der Waals surface area contributed by atoms with E-state index in [-0.39, 0.29) is 152 Å². The molecule has 3 saturated carbocycles. The molecule has 33 heteroatoms. The maximum Gasteiger partial charge on any atom is 2.00 e. The monoisotopic (exact) mass is 1660 g/mol. The van der Waals surface area contributed by atoms with Gasteiger partial charge in [-0.1, -0.05) is 105 Å². The largest absolute Gasteiger partial charge is 2.00 e. The van der Waals surface area contributed by atoms with E-state index in [4.69, 9.17) is 42.6 Å². The SMILES string of the molecule is CC(=O)O[C@H]1C(=O)[C@@]2(C)[C@H]([C@H](OC(=O)c3ccccc3)[C@]3(O)C[C@H](OC(=O)[C@H](O)[C@@H](NC(=O)c4ccccc4)c4ccccc4)C(C)=C1C3(C)C)[C@]1(OC(C)=O)CO[C@@H]1C[C@@H]2O.COc1ccc(/C=C\c2cc(OC)c(OC)c(OC)c2)cc1OP(=O)([O-])[O-].N.N.O=C([O-])C1(C(=O)[O-])CCC1.[Na+].[Na+].[Pt+2]. The number of rotatable bonds is 20. The van der Waals surface area contributed by atoms with E-state index in [0.717, 1.165) is 19.4 Å². The second kappa shape index (κ2) is 37.6. The smallest absolute Gasteiger partial charge is 0.780 e. The maximum absolute atomic E-state index is 15.5. The van der Waals surface area contributed by atoms with Crippen LogP contribution in [0.2, 0.25) is 0 Å². The van der Waals surface area contributed by atoms with Crippen LogP contribution in [-0.4, -0.2) is 146 Å². The van der Waals surface area contributed by atoms with E-state index in [0.29, 0.717) is 34.8 Å². The summed E-state index contributed by atoms with van der Waals surface area (Å²) >= 11 is 0. The second-order valence-electron chi connectivity index (χ2n) is 25.1. The molecular formula is C71H82N3Na2O26PPt.